The van der Waals surface area contributed by atoms with E-state index in [0.29, 0.717) is 52.7 Å². The maximum absolute atomic E-state index is 13.0. The van der Waals surface area contributed by atoms with Gasteiger partial charge in [0, 0.05) is 35.1 Å². The van der Waals surface area contributed by atoms with Crippen LogP contribution in [0.3, 0.4) is 0 Å². The van der Waals surface area contributed by atoms with Crippen molar-refractivity contribution in [2.45, 2.75) is 38.6 Å². The lowest BCUT2D eigenvalue weighted by atomic mass is 9.79. The number of nitrogen functional groups attached to an aromatic ring is 1. The zero-order valence-corrected chi connectivity index (χ0v) is 22.7. The first-order valence-corrected chi connectivity index (χ1v) is 13.4. The maximum Gasteiger partial charge on any atom is 0.252 e. The van der Waals surface area contributed by atoms with Crippen LogP contribution in [0, 0.1) is 0 Å². The Morgan fingerprint density at radius 2 is 1.90 bits per heavy atom. The molecule has 202 valence electrons. The van der Waals surface area contributed by atoms with E-state index >= 15 is 0 Å². The molecule has 1 aliphatic heterocycles. The zero-order chi connectivity index (χ0) is 27.7. The second kappa shape index (κ2) is 10.7. The minimum absolute atomic E-state index is 0.0519. The number of anilines is 3. The molecule has 9 nitrogen and oxygen atoms in total. The molecule has 39 heavy (non-hydrogen) atoms. The number of aromatic nitrogens is 1. The van der Waals surface area contributed by atoms with Crippen molar-refractivity contribution in [1.29, 1.82) is 0 Å². The average molecular weight is 547 g/mol. The highest BCUT2D eigenvalue weighted by atomic mass is 35.5. The molecule has 1 unspecified atom stereocenters. The lowest BCUT2D eigenvalue weighted by Gasteiger charge is -2.21. The minimum Gasteiger partial charge on any atom is -0.397 e. The van der Waals surface area contributed by atoms with E-state index in [0.717, 1.165) is 29.8 Å². The molecule has 3 amide bonds. The number of benzene rings is 2. The van der Waals surface area contributed by atoms with Gasteiger partial charge in [0.1, 0.15) is 5.82 Å². The summed E-state index contributed by atoms with van der Waals surface area (Å²) in [5.74, 6) is -0.200. The number of nitrogens with zero attached hydrogens (tertiary/aromatic N) is 2. The summed E-state index contributed by atoms with van der Waals surface area (Å²) in [4.78, 5) is 45.1. The van der Waals surface area contributed by atoms with Crippen LogP contribution in [0.5, 0.6) is 0 Å². The van der Waals surface area contributed by atoms with Gasteiger partial charge in [0.25, 0.3) is 5.91 Å². The molecule has 2 heterocycles. The lowest BCUT2D eigenvalue weighted by molar-refractivity contribution is -0.120. The first kappa shape index (κ1) is 26.6. The van der Waals surface area contributed by atoms with Crippen molar-refractivity contribution in [3.8, 4) is 0 Å². The Balaban J connectivity index is 1.25. The van der Waals surface area contributed by atoms with Crippen molar-refractivity contribution in [3.05, 3.63) is 81.5 Å². The Hall–Kier alpha value is -3.95. The third-order valence-electron chi connectivity index (χ3n) is 7.70. The number of carbonyl (C=O) groups is 3. The van der Waals surface area contributed by atoms with Gasteiger partial charge in [-0.05, 0) is 67.4 Å². The first-order valence-electron chi connectivity index (χ1n) is 13.0. The molecular weight excluding hydrogens is 516 g/mol. The van der Waals surface area contributed by atoms with Gasteiger partial charge in [0.05, 0.1) is 22.7 Å². The van der Waals surface area contributed by atoms with Crippen molar-refractivity contribution in [2.24, 2.45) is 0 Å². The van der Waals surface area contributed by atoms with E-state index in [-0.39, 0.29) is 18.4 Å². The number of hydrogen-bond donors (Lipinski definition) is 4. The largest absolute Gasteiger partial charge is 0.397 e. The van der Waals surface area contributed by atoms with Crippen LogP contribution in [-0.2, 0) is 34.4 Å². The molecule has 2 aromatic carbocycles. The Labute approximate surface area is 232 Å². The minimum atomic E-state index is -0.675. The van der Waals surface area contributed by atoms with E-state index in [1.807, 2.05) is 44.2 Å². The van der Waals surface area contributed by atoms with Crippen LogP contribution in [-0.4, -0.2) is 47.2 Å². The van der Waals surface area contributed by atoms with Crippen LogP contribution in [0.1, 0.15) is 46.5 Å². The lowest BCUT2D eigenvalue weighted by Crippen LogP contribution is -2.35. The molecule has 0 radical (unpaired) electrons. The van der Waals surface area contributed by atoms with Gasteiger partial charge in [-0.15, -0.1) is 0 Å². The highest BCUT2D eigenvalue weighted by Gasteiger charge is 2.51. The van der Waals surface area contributed by atoms with Gasteiger partial charge in [-0.2, -0.15) is 0 Å². The molecule has 1 aromatic heterocycles. The van der Waals surface area contributed by atoms with Gasteiger partial charge >= 0.3 is 0 Å². The molecule has 1 atom stereocenters. The number of pyridine rings is 1. The molecule has 3 aromatic rings. The van der Waals surface area contributed by atoms with Crippen LogP contribution < -0.4 is 21.7 Å². The first-order chi connectivity index (χ1) is 18.8. The summed E-state index contributed by atoms with van der Waals surface area (Å²) in [7, 11) is 0. The third-order valence-corrected chi connectivity index (χ3v) is 8.03. The predicted octanol–water partition coefficient (Wildman–Crippen LogP) is 3.52. The fourth-order valence-electron chi connectivity index (χ4n) is 5.50. The van der Waals surface area contributed by atoms with E-state index in [9.17, 15) is 14.4 Å². The molecule has 1 aliphatic carbocycles. The molecule has 10 heteroatoms. The molecule has 0 bridgehead atoms. The second-order valence-corrected chi connectivity index (χ2v) is 10.4. The van der Waals surface area contributed by atoms with Gasteiger partial charge in [-0.1, -0.05) is 37.6 Å². The Morgan fingerprint density at radius 3 is 2.67 bits per heavy atom. The summed E-state index contributed by atoms with van der Waals surface area (Å²) in [5.41, 5.74) is 10.5. The number of fused-ring (bicyclic) bond motifs is 3. The van der Waals surface area contributed by atoms with Crippen LogP contribution in [0.25, 0.3) is 0 Å². The van der Waals surface area contributed by atoms with Gasteiger partial charge < -0.3 is 21.7 Å². The zero-order valence-electron chi connectivity index (χ0n) is 21.9. The third kappa shape index (κ3) is 4.95. The number of rotatable bonds is 8. The number of hydrogen-bond acceptors (Lipinski definition) is 6. The Morgan fingerprint density at radius 1 is 1.13 bits per heavy atom. The fraction of sp³-hybridized carbons (Fsp3) is 0.310. The van der Waals surface area contributed by atoms with Crippen molar-refractivity contribution in [3.63, 3.8) is 0 Å². The van der Waals surface area contributed by atoms with Crippen molar-refractivity contribution < 1.29 is 14.4 Å². The number of nitrogens with two attached hydrogens (primary N) is 1. The van der Waals surface area contributed by atoms with E-state index in [1.54, 1.807) is 18.3 Å². The van der Waals surface area contributed by atoms with Crippen molar-refractivity contribution >= 4 is 46.5 Å². The van der Waals surface area contributed by atoms with Gasteiger partial charge in [0.2, 0.25) is 11.8 Å². The number of nitrogens with one attached hydrogen (secondary N) is 3. The summed E-state index contributed by atoms with van der Waals surface area (Å²) in [6.45, 7) is 5.92. The van der Waals surface area contributed by atoms with Gasteiger partial charge in [0.15, 0.2) is 0 Å². The quantitative estimate of drug-likeness (QED) is 0.320. The van der Waals surface area contributed by atoms with Gasteiger partial charge in [-0.25, -0.2) is 4.98 Å². The summed E-state index contributed by atoms with van der Waals surface area (Å²) >= 11 is 6.23. The number of amides is 3. The normalized spacial score (nSPS) is 17.2. The van der Waals surface area contributed by atoms with Crippen LogP contribution in [0.2, 0.25) is 5.02 Å². The second-order valence-electron chi connectivity index (χ2n) is 9.95. The molecule has 5 N–H and O–H groups in total. The summed E-state index contributed by atoms with van der Waals surface area (Å²) < 4.78 is 0. The summed E-state index contributed by atoms with van der Waals surface area (Å²) in [5, 5.41) is 8.84. The summed E-state index contributed by atoms with van der Waals surface area (Å²) in [6.07, 6.45) is 2.78. The molecule has 0 saturated heterocycles. The Bertz CT molecular complexity index is 1470. The number of halogens is 1. The number of carbonyl (C=O) groups excluding carboxylic acids is 3. The fourth-order valence-corrected chi connectivity index (χ4v) is 5.67. The van der Waals surface area contributed by atoms with E-state index in [2.05, 4.69) is 25.8 Å². The van der Waals surface area contributed by atoms with Gasteiger partial charge in [-0.3, -0.25) is 19.3 Å². The molecule has 2 aliphatic rings. The highest BCUT2D eigenvalue weighted by molar-refractivity contribution is 6.33. The van der Waals surface area contributed by atoms with Crippen LogP contribution in [0.4, 0.5) is 17.2 Å². The van der Waals surface area contributed by atoms with Crippen molar-refractivity contribution in [2.75, 3.05) is 36.0 Å². The SMILES string of the molecule is CCN(CC)Cc1c(C(=O)NCC(=O)Nc2ccc3c(c2)CC2(C3)C(=O)Nc3ncccc32)ccc(Cl)c1N. The standard InChI is InChI=1S/C29H31ClN6O3/c1-3-36(4-2)16-21-20(9-10-23(30)25(21)31)27(38)33-15-24(37)34-19-8-7-17-13-29(14-18(17)12-19)22-6-5-11-32-26(22)35-28(29)39/h5-12H,3-4,13-16,31H2,1-2H3,(H,33,38)(H,34,37)(H,32,35,39). The van der Waals surface area contributed by atoms with E-state index < -0.39 is 11.3 Å². The highest BCUT2D eigenvalue weighted by Crippen LogP contribution is 2.46. The molecular formula is C29H31ClN6O3. The van der Waals surface area contributed by atoms with E-state index in [4.69, 9.17) is 17.3 Å². The van der Waals surface area contributed by atoms with Crippen LogP contribution >= 0.6 is 11.6 Å². The Kier molecular flexibility index (Phi) is 7.29. The molecule has 1 spiro atoms. The van der Waals surface area contributed by atoms with Crippen LogP contribution in [0.15, 0.2) is 48.7 Å². The smallest absolute Gasteiger partial charge is 0.252 e. The molecule has 5 rings (SSSR count). The average Bonchev–Trinajstić information content (AvgIpc) is 3.45. The monoisotopic (exact) mass is 546 g/mol. The maximum atomic E-state index is 13.0. The predicted molar refractivity (Wildman–Crippen MR) is 152 cm³/mol. The summed E-state index contributed by atoms with van der Waals surface area (Å²) in [6, 6.07) is 12.7. The van der Waals surface area contributed by atoms with Crippen molar-refractivity contribution in [1.82, 2.24) is 15.2 Å². The molecule has 0 saturated carbocycles. The van der Waals surface area contributed by atoms with E-state index in [1.165, 1.54) is 0 Å². The molecule has 0 fully saturated rings. The topological polar surface area (TPSA) is 129 Å².